The summed E-state index contributed by atoms with van der Waals surface area (Å²) in [6.07, 6.45) is 0. The minimum atomic E-state index is -0.296. The highest BCUT2D eigenvalue weighted by atomic mass is 16.5. The number of carbonyl (C=O) groups is 1. The Kier molecular flexibility index (Phi) is 4.62. The lowest BCUT2D eigenvalue weighted by atomic mass is 10.2. The van der Waals surface area contributed by atoms with E-state index in [9.17, 15) is 4.79 Å². The fourth-order valence-electron chi connectivity index (χ4n) is 1.91. The lowest BCUT2D eigenvalue weighted by Crippen LogP contribution is -2.14. The second-order valence-corrected chi connectivity index (χ2v) is 4.99. The maximum atomic E-state index is 12.3. The van der Waals surface area contributed by atoms with Crippen LogP contribution in [0.25, 0.3) is 0 Å². The average molecular weight is 288 g/mol. The topological polar surface area (TPSA) is 64.4 Å². The maximum absolute atomic E-state index is 12.3. The van der Waals surface area contributed by atoms with Crippen LogP contribution in [0, 0.1) is 6.92 Å². The lowest BCUT2D eigenvalue weighted by Gasteiger charge is -2.10. The predicted octanol–water partition coefficient (Wildman–Crippen LogP) is 3.76. The summed E-state index contributed by atoms with van der Waals surface area (Å²) < 4.78 is 11.0. The number of anilines is 1. The smallest absolute Gasteiger partial charge is 0.278 e. The molecule has 0 spiro atoms. The zero-order chi connectivity index (χ0) is 15.4. The molecule has 0 radical (unpaired) electrons. The molecule has 21 heavy (non-hydrogen) atoms. The number of nitrogens with zero attached hydrogens (tertiary/aromatic N) is 1. The number of rotatable bonds is 5. The van der Waals surface area contributed by atoms with Gasteiger partial charge in [0.05, 0.1) is 12.3 Å². The molecule has 0 fully saturated rings. The van der Waals surface area contributed by atoms with Crippen LogP contribution in [0.1, 0.15) is 48.8 Å². The van der Waals surface area contributed by atoms with Gasteiger partial charge in [0.2, 0.25) is 0 Å². The monoisotopic (exact) mass is 288 g/mol. The van der Waals surface area contributed by atoms with E-state index in [1.165, 1.54) is 0 Å². The molecule has 2 rings (SSSR count). The van der Waals surface area contributed by atoms with Crippen LogP contribution in [0.2, 0.25) is 0 Å². The Balaban J connectivity index is 2.22. The van der Waals surface area contributed by atoms with E-state index in [1.54, 1.807) is 13.0 Å². The van der Waals surface area contributed by atoms with Crippen LogP contribution in [0.3, 0.4) is 0 Å². The molecule has 1 heterocycles. The summed E-state index contributed by atoms with van der Waals surface area (Å²) in [6.45, 7) is 8.11. The molecule has 1 aromatic heterocycles. The van der Waals surface area contributed by atoms with E-state index >= 15 is 0 Å². The minimum absolute atomic E-state index is 0.140. The first-order valence-electron chi connectivity index (χ1n) is 7.03. The van der Waals surface area contributed by atoms with Gasteiger partial charge in [-0.1, -0.05) is 26.0 Å². The zero-order valence-corrected chi connectivity index (χ0v) is 12.8. The average Bonchev–Trinajstić information content (AvgIpc) is 2.83. The van der Waals surface area contributed by atoms with Gasteiger partial charge < -0.3 is 14.5 Å². The highest BCUT2D eigenvalue weighted by Gasteiger charge is 2.19. The van der Waals surface area contributed by atoms with Crippen LogP contribution in [-0.4, -0.2) is 17.5 Å². The summed E-state index contributed by atoms with van der Waals surface area (Å²) in [7, 11) is 0. The Labute approximate surface area is 124 Å². The highest BCUT2D eigenvalue weighted by molar-refractivity contribution is 6.04. The number of amides is 1. The molecule has 0 aliphatic rings. The normalized spacial score (nSPS) is 10.7. The number of oxazole rings is 1. The maximum Gasteiger partial charge on any atom is 0.278 e. The molecule has 5 nitrogen and oxygen atoms in total. The molecule has 2 aromatic rings. The van der Waals surface area contributed by atoms with Crippen molar-refractivity contribution in [3.05, 3.63) is 41.6 Å². The molecular formula is C16H20N2O3. The number of ether oxygens (including phenoxy) is 1. The van der Waals surface area contributed by atoms with Crippen molar-refractivity contribution < 1.29 is 13.9 Å². The third-order valence-electron chi connectivity index (χ3n) is 2.96. The van der Waals surface area contributed by atoms with Gasteiger partial charge in [0, 0.05) is 5.92 Å². The first-order chi connectivity index (χ1) is 10.0. The van der Waals surface area contributed by atoms with E-state index in [0.29, 0.717) is 35.4 Å². The number of carbonyl (C=O) groups excluding carboxylic acids is 1. The lowest BCUT2D eigenvalue weighted by molar-refractivity contribution is 0.102. The van der Waals surface area contributed by atoms with E-state index in [0.717, 1.165) is 0 Å². The second kappa shape index (κ2) is 6.43. The Hall–Kier alpha value is -2.30. The van der Waals surface area contributed by atoms with Crippen molar-refractivity contribution in [1.82, 2.24) is 4.98 Å². The second-order valence-electron chi connectivity index (χ2n) is 4.99. The molecule has 0 aliphatic heterocycles. The van der Waals surface area contributed by atoms with Crippen molar-refractivity contribution in [2.24, 2.45) is 0 Å². The number of aromatic nitrogens is 1. The number of hydrogen-bond donors (Lipinski definition) is 1. The summed E-state index contributed by atoms with van der Waals surface area (Å²) in [5.41, 5.74) is 0.933. The summed E-state index contributed by atoms with van der Waals surface area (Å²) >= 11 is 0. The van der Waals surface area contributed by atoms with Crippen LogP contribution >= 0.6 is 0 Å². The van der Waals surface area contributed by atoms with Crippen LogP contribution < -0.4 is 10.1 Å². The van der Waals surface area contributed by atoms with Gasteiger partial charge in [-0.3, -0.25) is 4.79 Å². The quantitative estimate of drug-likeness (QED) is 0.909. The van der Waals surface area contributed by atoms with Gasteiger partial charge in [-0.05, 0) is 26.0 Å². The molecule has 0 unspecified atom stereocenters. The third-order valence-corrected chi connectivity index (χ3v) is 2.96. The molecule has 1 amide bonds. The van der Waals surface area contributed by atoms with Crippen molar-refractivity contribution in [3.8, 4) is 5.75 Å². The van der Waals surface area contributed by atoms with Gasteiger partial charge in [-0.15, -0.1) is 0 Å². The van der Waals surface area contributed by atoms with E-state index in [1.807, 2.05) is 39.0 Å². The van der Waals surface area contributed by atoms with E-state index in [2.05, 4.69) is 10.3 Å². The molecule has 0 aliphatic carbocycles. The van der Waals surface area contributed by atoms with Gasteiger partial charge in [0.1, 0.15) is 11.5 Å². The Bertz CT molecular complexity index is 632. The van der Waals surface area contributed by atoms with E-state index < -0.39 is 0 Å². The SMILES string of the molecule is CCOc1ccccc1NC(=O)c1nc(C(C)C)oc1C. The standard InChI is InChI=1S/C16H20N2O3/c1-5-20-13-9-7-6-8-12(13)17-15(19)14-11(4)21-16(18-14)10(2)3/h6-10H,5H2,1-4H3,(H,17,19). The van der Waals surface area contributed by atoms with Gasteiger partial charge in [0.15, 0.2) is 11.6 Å². The van der Waals surface area contributed by atoms with Gasteiger partial charge in [-0.25, -0.2) is 4.98 Å². The molecule has 0 bridgehead atoms. The summed E-state index contributed by atoms with van der Waals surface area (Å²) in [4.78, 5) is 16.6. The number of hydrogen-bond acceptors (Lipinski definition) is 4. The van der Waals surface area contributed by atoms with Crippen LogP contribution in [0.5, 0.6) is 5.75 Å². The largest absolute Gasteiger partial charge is 0.492 e. The molecule has 0 atom stereocenters. The fraction of sp³-hybridized carbons (Fsp3) is 0.375. The molecule has 0 saturated carbocycles. The van der Waals surface area contributed by atoms with Crippen molar-refractivity contribution in [3.63, 3.8) is 0 Å². The third kappa shape index (κ3) is 3.42. The van der Waals surface area contributed by atoms with Crippen LogP contribution in [-0.2, 0) is 0 Å². The minimum Gasteiger partial charge on any atom is -0.492 e. The van der Waals surface area contributed by atoms with E-state index in [-0.39, 0.29) is 11.8 Å². The summed E-state index contributed by atoms with van der Waals surface area (Å²) in [5, 5.41) is 2.82. The van der Waals surface area contributed by atoms with Crippen molar-refractivity contribution >= 4 is 11.6 Å². The van der Waals surface area contributed by atoms with Crippen molar-refractivity contribution in [2.75, 3.05) is 11.9 Å². The van der Waals surface area contributed by atoms with Crippen molar-refractivity contribution in [1.29, 1.82) is 0 Å². The first kappa shape index (κ1) is 15.1. The molecule has 1 N–H and O–H groups in total. The fourth-order valence-corrected chi connectivity index (χ4v) is 1.91. The van der Waals surface area contributed by atoms with Crippen LogP contribution in [0.4, 0.5) is 5.69 Å². The summed E-state index contributed by atoms with van der Waals surface area (Å²) in [5.74, 6) is 1.57. The highest BCUT2D eigenvalue weighted by Crippen LogP contribution is 2.25. The predicted molar refractivity (Wildman–Crippen MR) is 80.9 cm³/mol. The number of aryl methyl sites for hydroxylation is 1. The number of para-hydroxylation sites is 2. The van der Waals surface area contributed by atoms with Crippen LogP contribution in [0.15, 0.2) is 28.7 Å². The number of nitrogens with one attached hydrogen (secondary N) is 1. The Morgan fingerprint density at radius 2 is 2.10 bits per heavy atom. The first-order valence-corrected chi connectivity index (χ1v) is 7.03. The zero-order valence-electron chi connectivity index (χ0n) is 12.8. The molecule has 1 aromatic carbocycles. The van der Waals surface area contributed by atoms with Gasteiger partial charge >= 0.3 is 0 Å². The Morgan fingerprint density at radius 1 is 1.38 bits per heavy atom. The Morgan fingerprint density at radius 3 is 2.71 bits per heavy atom. The summed E-state index contributed by atoms with van der Waals surface area (Å²) in [6, 6.07) is 7.31. The number of benzene rings is 1. The van der Waals surface area contributed by atoms with Gasteiger partial charge in [0.25, 0.3) is 5.91 Å². The molecule has 0 saturated heterocycles. The molecular weight excluding hydrogens is 268 g/mol. The molecule has 112 valence electrons. The van der Waals surface area contributed by atoms with E-state index in [4.69, 9.17) is 9.15 Å². The van der Waals surface area contributed by atoms with Gasteiger partial charge in [-0.2, -0.15) is 0 Å². The molecule has 5 heteroatoms. The van der Waals surface area contributed by atoms with Crippen molar-refractivity contribution in [2.45, 2.75) is 33.6 Å².